The zero-order valence-corrected chi connectivity index (χ0v) is 25.6. The van der Waals surface area contributed by atoms with Crippen molar-refractivity contribution in [2.45, 2.75) is 64.5 Å². The van der Waals surface area contributed by atoms with Crippen LogP contribution in [-0.2, 0) is 22.7 Å². The van der Waals surface area contributed by atoms with Crippen LogP contribution in [0.4, 0.5) is 0 Å². The number of carbonyl (C=O) groups is 2. The molecule has 0 saturated heterocycles. The van der Waals surface area contributed by atoms with Crippen LogP contribution in [0.3, 0.4) is 0 Å². The molecule has 0 unspecified atom stereocenters. The molecule has 0 bridgehead atoms. The van der Waals surface area contributed by atoms with Crippen molar-refractivity contribution in [2.75, 3.05) is 14.2 Å². The third-order valence-electron chi connectivity index (χ3n) is 6.74. The average Bonchev–Trinajstić information content (AvgIpc) is 3.51. The summed E-state index contributed by atoms with van der Waals surface area (Å²) < 4.78 is 16.6. The number of unbranched alkanes of at least 4 members (excludes halogenated alkanes) is 5. The molecule has 0 spiro atoms. The minimum absolute atomic E-state index is 0.153. The van der Waals surface area contributed by atoms with Gasteiger partial charge in [0, 0.05) is 12.8 Å². The molecule has 0 aliphatic rings. The first kappa shape index (κ1) is 30.8. The Bertz CT molecular complexity index is 1660. The summed E-state index contributed by atoms with van der Waals surface area (Å²) in [5, 5.41) is 0. The van der Waals surface area contributed by atoms with Crippen LogP contribution in [0.1, 0.15) is 51.4 Å². The number of thiazole rings is 2. The number of carbonyl (C=O) groups excluding carboxylic acids is 2. The van der Waals surface area contributed by atoms with Crippen molar-refractivity contribution < 1.29 is 19.1 Å². The Morgan fingerprint density at radius 2 is 1.12 bits per heavy atom. The van der Waals surface area contributed by atoms with E-state index in [1.807, 2.05) is 45.5 Å². The molecule has 0 saturated carbocycles. The zero-order valence-electron chi connectivity index (χ0n) is 23.9. The zero-order chi connectivity index (χ0) is 29.9. The molecule has 2 aromatic heterocycles. The van der Waals surface area contributed by atoms with E-state index in [2.05, 4.69) is 21.8 Å². The molecule has 4 aromatic rings. The van der Waals surface area contributed by atoms with E-state index in [1.54, 1.807) is 14.2 Å². The van der Waals surface area contributed by atoms with Crippen molar-refractivity contribution in [3.8, 4) is 36.2 Å². The monoisotopic (exact) mass is 602 g/mol. The number of amides is 2. The molecular weight excluding hydrogens is 569 g/mol. The van der Waals surface area contributed by atoms with E-state index in [0.717, 1.165) is 59.0 Å². The predicted octanol–water partition coefficient (Wildman–Crippen LogP) is 5.68. The van der Waals surface area contributed by atoms with Crippen LogP contribution >= 0.6 is 22.7 Å². The Kier molecular flexibility index (Phi) is 11.2. The fraction of sp³-hybridized carbons (Fsp3) is 0.375. The molecule has 0 radical (unpaired) electrons. The van der Waals surface area contributed by atoms with Gasteiger partial charge in [-0.05, 0) is 37.1 Å². The van der Waals surface area contributed by atoms with E-state index >= 15 is 0 Å². The fourth-order valence-electron chi connectivity index (χ4n) is 4.76. The van der Waals surface area contributed by atoms with Gasteiger partial charge in [0.2, 0.25) is 11.8 Å². The highest BCUT2D eigenvalue weighted by Crippen LogP contribution is 2.28. The van der Waals surface area contributed by atoms with E-state index in [4.69, 9.17) is 22.3 Å². The van der Waals surface area contributed by atoms with Gasteiger partial charge in [0.1, 0.15) is 22.5 Å². The molecule has 8 nitrogen and oxygen atoms in total. The topological polar surface area (TPSA) is 87.2 Å². The molecule has 42 heavy (non-hydrogen) atoms. The van der Waals surface area contributed by atoms with Gasteiger partial charge in [-0.25, -0.2) is 0 Å². The molecule has 10 heteroatoms. The molecule has 0 aliphatic carbocycles. The molecule has 4 rings (SSSR count). The Labute approximate surface area is 253 Å². The molecular formula is C32H34N4O4S2. The van der Waals surface area contributed by atoms with Crippen LogP contribution in [0.5, 0.6) is 11.5 Å². The van der Waals surface area contributed by atoms with Gasteiger partial charge in [-0.3, -0.25) is 9.59 Å². The first-order valence-corrected chi connectivity index (χ1v) is 15.5. The van der Waals surface area contributed by atoms with Gasteiger partial charge in [0.05, 0.1) is 36.7 Å². The summed E-state index contributed by atoms with van der Waals surface area (Å²) in [7, 11) is 3.23. The summed E-state index contributed by atoms with van der Waals surface area (Å²) in [5.41, 5.74) is 1.72. The maximum absolute atomic E-state index is 12.6. The van der Waals surface area contributed by atoms with Crippen LogP contribution in [0.25, 0.3) is 20.4 Å². The summed E-state index contributed by atoms with van der Waals surface area (Å²) in [6, 6.07) is 11.5. The normalized spacial score (nSPS) is 12.0. The van der Waals surface area contributed by atoms with Gasteiger partial charge in [-0.2, -0.15) is 9.98 Å². The number of para-hydroxylation sites is 2. The molecule has 0 fully saturated rings. The van der Waals surface area contributed by atoms with Crippen molar-refractivity contribution in [3.05, 3.63) is 46.0 Å². The van der Waals surface area contributed by atoms with Crippen molar-refractivity contribution in [1.29, 1.82) is 0 Å². The first-order valence-electron chi connectivity index (χ1n) is 13.9. The number of hydrogen-bond donors (Lipinski definition) is 0. The number of nitrogens with zero attached hydrogens (tertiary/aromatic N) is 4. The second-order valence-corrected chi connectivity index (χ2v) is 11.6. The van der Waals surface area contributed by atoms with E-state index in [0.29, 0.717) is 47.0 Å². The van der Waals surface area contributed by atoms with Crippen molar-refractivity contribution in [3.63, 3.8) is 0 Å². The van der Waals surface area contributed by atoms with Gasteiger partial charge in [0.15, 0.2) is 9.60 Å². The maximum atomic E-state index is 12.6. The van der Waals surface area contributed by atoms with Crippen LogP contribution in [0.2, 0.25) is 0 Å². The molecule has 0 aliphatic heterocycles. The lowest BCUT2D eigenvalue weighted by Gasteiger charge is -2.05. The summed E-state index contributed by atoms with van der Waals surface area (Å²) in [4.78, 5) is 35.1. The smallest absolute Gasteiger partial charge is 0.248 e. The Morgan fingerprint density at radius 1 is 0.714 bits per heavy atom. The lowest BCUT2D eigenvalue weighted by Crippen LogP contribution is -2.16. The minimum atomic E-state index is -0.153. The maximum Gasteiger partial charge on any atom is 0.248 e. The van der Waals surface area contributed by atoms with E-state index in [9.17, 15) is 9.59 Å². The molecule has 2 aromatic carbocycles. The van der Waals surface area contributed by atoms with Gasteiger partial charge in [0.25, 0.3) is 0 Å². The SMILES string of the molecule is C#CCn1c(=NC(=O)CCCCCCCCC(=O)N=c2sc3cccc(OC)c3n2CC#C)sc2cccc(OC)c21. The average molecular weight is 603 g/mol. The third-order valence-corrected chi connectivity index (χ3v) is 8.83. The van der Waals surface area contributed by atoms with Gasteiger partial charge < -0.3 is 18.6 Å². The van der Waals surface area contributed by atoms with Gasteiger partial charge in [-0.1, -0.05) is 72.3 Å². The second kappa shape index (κ2) is 15.2. The third kappa shape index (κ3) is 7.39. The minimum Gasteiger partial charge on any atom is -0.495 e. The number of fused-ring (bicyclic) bond motifs is 2. The van der Waals surface area contributed by atoms with Crippen LogP contribution in [-0.4, -0.2) is 35.2 Å². The number of rotatable bonds is 13. The standard InChI is InChI=1S/C32H34N4O4S2/c1-5-21-35-29-23(39-3)15-13-17-25(29)41-31(35)33-27(37)19-11-9-7-8-10-12-20-28(38)34-32-36(22-6-2)30-24(40-4)16-14-18-26(30)42-32/h1-2,13-18H,7-12,19-22H2,3-4H3. The molecule has 0 atom stereocenters. The Morgan fingerprint density at radius 3 is 1.50 bits per heavy atom. The number of ether oxygens (including phenoxy) is 2. The molecule has 2 amide bonds. The molecule has 0 N–H and O–H groups in total. The van der Waals surface area contributed by atoms with Crippen LogP contribution in [0.15, 0.2) is 46.4 Å². The molecule has 2 heterocycles. The first-order chi connectivity index (χ1) is 20.5. The lowest BCUT2D eigenvalue weighted by molar-refractivity contribution is -0.119. The predicted molar refractivity (Wildman–Crippen MR) is 168 cm³/mol. The molecule has 218 valence electrons. The number of aromatic nitrogens is 2. The highest BCUT2D eigenvalue weighted by molar-refractivity contribution is 7.16. The number of methoxy groups -OCH3 is 2. The summed E-state index contributed by atoms with van der Waals surface area (Å²) in [6.07, 6.45) is 17.3. The Balaban J connectivity index is 1.23. The number of terminal acetylenes is 2. The van der Waals surface area contributed by atoms with Crippen LogP contribution < -0.4 is 19.1 Å². The quantitative estimate of drug-likeness (QED) is 0.146. The summed E-state index contributed by atoms with van der Waals surface area (Å²) in [6.45, 7) is 0.623. The van der Waals surface area contributed by atoms with Crippen LogP contribution in [0, 0.1) is 24.7 Å². The van der Waals surface area contributed by atoms with Crippen molar-refractivity contribution in [2.24, 2.45) is 9.98 Å². The highest BCUT2D eigenvalue weighted by Gasteiger charge is 2.13. The number of benzene rings is 2. The largest absolute Gasteiger partial charge is 0.495 e. The van der Waals surface area contributed by atoms with Gasteiger partial charge in [-0.15, -0.1) is 12.8 Å². The van der Waals surface area contributed by atoms with Crippen molar-refractivity contribution in [1.82, 2.24) is 9.13 Å². The van der Waals surface area contributed by atoms with E-state index < -0.39 is 0 Å². The Hall–Kier alpha value is -4.12. The van der Waals surface area contributed by atoms with Crippen molar-refractivity contribution >= 4 is 54.9 Å². The summed E-state index contributed by atoms with van der Waals surface area (Å²) in [5.74, 6) is 6.39. The van der Waals surface area contributed by atoms with E-state index in [-0.39, 0.29) is 11.8 Å². The second-order valence-electron chi connectivity index (χ2n) is 9.60. The van der Waals surface area contributed by atoms with E-state index in [1.165, 1.54) is 22.7 Å². The number of hydrogen-bond acceptors (Lipinski definition) is 6. The van der Waals surface area contributed by atoms with Gasteiger partial charge >= 0.3 is 0 Å². The summed E-state index contributed by atoms with van der Waals surface area (Å²) >= 11 is 2.86. The lowest BCUT2D eigenvalue weighted by atomic mass is 10.1. The highest BCUT2D eigenvalue weighted by atomic mass is 32.1. The fourth-order valence-corrected chi connectivity index (χ4v) is 6.88.